The van der Waals surface area contributed by atoms with Gasteiger partial charge in [-0.05, 0) is 55.4 Å². The molecule has 0 bridgehead atoms. The molecule has 2 aliphatic heterocycles. The summed E-state index contributed by atoms with van der Waals surface area (Å²) in [6, 6.07) is 4.31. The second-order valence-electron chi connectivity index (χ2n) is 7.56. The number of nitrogens with zero attached hydrogens (tertiary/aromatic N) is 2. The maximum absolute atomic E-state index is 13.3. The van der Waals surface area contributed by atoms with Crippen molar-refractivity contribution in [3.05, 3.63) is 35.1 Å². The smallest absolute Gasteiger partial charge is 0.254 e. The number of likely N-dealkylation sites (tertiary alicyclic amines) is 2. The largest absolute Gasteiger partial charge is 0.383 e. The van der Waals surface area contributed by atoms with Crippen LogP contribution in [0, 0.1) is 18.2 Å². The van der Waals surface area contributed by atoms with E-state index in [9.17, 15) is 14.0 Å². The highest BCUT2D eigenvalue weighted by molar-refractivity contribution is 5.95. The molecule has 26 heavy (non-hydrogen) atoms. The highest BCUT2D eigenvalue weighted by Crippen LogP contribution is 2.40. The highest BCUT2D eigenvalue weighted by Gasteiger charge is 2.41. The minimum absolute atomic E-state index is 0.0273. The Morgan fingerprint density at radius 3 is 2.65 bits per heavy atom. The monoisotopic (exact) mass is 362 g/mol. The van der Waals surface area contributed by atoms with E-state index >= 15 is 0 Å². The van der Waals surface area contributed by atoms with Crippen molar-refractivity contribution < 1.29 is 18.7 Å². The number of amides is 2. The SMILES string of the molecule is COCCN1CC2(CCC1=O)CCN(C(=O)c1ccc(F)cc1C)CC2. The predicted molar refractivity (Wildman–Crippen MR) is 96.4 cm³/mol. The van der Waals surface area contributed by atoms with E-state index in [-0.39, 0.29) is 23.0 Å². The molecule has 0 aromatic heterocycles. The van der Waals surface area contributed by atoms with Crippen molar-refractivity contribution in [3.8, 4) is 0 Å². The van der Waals surface area contributed by atoms with Crippen LogP contribution in [-0.2, 0) is 9.53 Å². The predicted octanol–water partition coefficient (Wildman–Crippen LogP) is 2.63. The summed E-state index contributed by atoms with van der Waals surface area (Å²) in [6.45, 7) is 5.07. The zero-order chi connectivity index (χ0) is 18.7. The molecule has 6 heteroatoms. The van der Waals surface area contributed by atoms with Gasteiger partial charge in [0.25, 0.3) is 5.91 Å². The summed E-state index contributed by atoms with van der Waals surface area (Å²) in [5.74, 6) is -0.145. The van der Waals surface area contributed by atoms with Gasteiger partial charge < -0.3 is 14.5 Å². The quantitative estimate of drug-likeness (QED) is 0.827. The molecule has 0 N–H and O–H groups in total. The molecule has 2 heterocycles. The van der Waals surface area contributed by atoms with Crippen LogP contribution < -0.4 is 0 Å². The Morgan fingerprint density at radius 2 is 2.00 bits per heavy atom. The van der Waals surface area contributed by atoms with Crippen LogP contribution in [-0.4, -0.2) is 61.5 Å². The lowest BCUT2D eigenvalue weighted by atomic mass is 9.72. The molecule has 142 valence electrons. The van der Waals surface area contributed by atoms with Crippen molar-refractivity contribution in [2.45, 2.75) is 32.6 Å². The molecule has 0 unspecified atom stereocenters. The first-order valence-corrected chi connectivity index (χ1v) is 9.26. The molecule has 0 aliphatic carbocycles. The van der Waals surface area contributed by atoms with Gasteiger partial charge in [-0.3, -0.25) is 9.59 Å². The Kier molecular flexibility index (Phi) is 5.61. The number of ether oxygens (including phenoxy) is 1. The Balaban J connectivity index is 1.63. The van der Waals surface area contributed by atoms with Crippen molar-refractivity contribution in [1.82, 2.24) is 9.80 Å². The fourth-order valence-electron chi connectivity index (χ4n) is 4.14. The summed E-state index contributed by atoms with van der Waals surface area (Å²) in [7, 11) is 1.64. The first kappa shape index (κ1) is 18.8. The van der Waals surface area contributed by atoms with E-state index in [2.05, 4.69) is 0 Å². The zero-order valence-electron chi connectivity index (χ0n) is 15.6. The summed E-state index contributed by atoms with van der Waals surface area (Å²) in [5, 5.41) is 0. The Morgan fingerprint density at radius 1 is 1.27 bits per heavy atom. The highest BCUT2D eigenvalue weighted by atomic mass is 19.1. The molecule has 1 aromatic rings. The van der Waals surface area contributed by atoms with Gasteiger partial charge in [0.15, 0.2) is 0 Å². The molecule has 0 saturated carbocycles. The average molecular weight is 362 g/mol. The number of hydrogen-bond donors (Lipinski definition) is 0. The van der Waals surface area contributed by atoms with Gasteiger partial charge in [-0.2, -0.15) is 0 Å². The maximum atomic E-state index is 13.3. The van der Waals surface area contributed by atoms with Crippen molar-refractivity contribution in [2.24, 2.45) is 5.41 Å². The van der Waals surface area contributed by atoms with Crippen LogP contribution in [0.15, 0.2) is 18.2 Å². The molecule has 2 amide bonds. The number of piperidine rings is 2. The third kappa shape index (κ3) is 3.90. The van der Waals surface area contributed by atoms with Gasteiger partial charge in [0.05, 0.1) is 6.61 Å². The molecule has 2 fully saturated rings. The minimum Gasteiger partial charge on any atom is -0.383 e. The van der Waals surface area contributed by atoms with Gasteiger partial charge in [0.2, 0.25) is 5.91 Å². The number of aryl methyl sites for hydroxylation is 1. The zero-order valence-corrected chi connectivity index (χ0v) is 15.6. The number of rotatable bonds is 4. The van der Waals surface area contributed by atoms with Crippen molar-refractivity contribution in [3.63, 3.8) is 0 Å². The summed E-state index contributed by atoms with van der Waals surface area (Å²) >= 11 is 0. The fourth-order valence-corrected chi connectivity index (χ4v) is 4.14. The summed E-state index contributed by atoms with van der Waals surface area (Å²) < 4.78 is 18.4. The lowest BCUT2D eigenvalue weighted by molar-refractivity contribution is -0.139. The molecule has 2 saturated heterocycles. The van der Waals surface area contributed by atoms with Crippen LogP contribution in [0.3, 0.4) is 0 Å². The molecule has 0 atom stereocenters. The van der Waals surface area contributed by atoms with Crippen molar-refractivity contribution in [1.29, 1.82) is 0 Å². The van der Waals surface area contributed by atoms with Crippen LogP contribution in [0.25, 0.3) is 0 Å². The van der Waals surface area contributed by atoms with E-state index in [1.807, 2.05) is 9.80 Å². The Labute approximate surface area is 154 Å². The molecular formula is C20H27FN2O3. The van der Waals surface area contributed by atoms with Crippen LogP contribution in [0.1, 0.15) is 41.6 Å². The molecule has 1 spiro atoms. The Hall–Kier alpha value is -1.95. The molecule has 3 rings (SSSR count). The van der Waals surface area contributed by atoms with Crippen LogP contribution in [0.4, 0.5) is 4.39 Å². The number of halogens is 1. The molecule has 5 nitrogen and oxygen atoms in total. The molecule has 0 radical (unpaired) electrons. The van der Waals surface area contributed by atoms with Gasteiger partial charge in [0, 0.05) is 45.3 Å². The van der Waals surface area contributed by atoms with E-state index in [0.29, 0.717) is 43.8 Å². The second-order valence-corrected chi connectivity index (χ2v) is 7.56. The lowest BCUT2D eigenvalue weighted by Crippen LogP contribution is -2.53. The Bertz CT molecular complexity index is 684. The van der Waals surface area contributed by atoms with Gasteiger partial charge >= 0.3 is 0 Å². The minimum atomic E-state index is -0.320. The van der Waals surface area contributed by atoms with Crippen LogP contribution in [0.5, 0.6) is 0 Å². The first-order valence-electron chi connectivity index (χ1n) is 9.26. The van der Waals surface area contributed by atoms with Crippen LogP contribution in [0.2, 0.25) is 0 Å². The van der Waals surface area contributed by atoms with E-state index in [0.717, 1.165) is 25.8 Å². The van der Waals surface area contributed by atoms with Gasteiger partial charge in [-0.1, -0.05) is 0 Å². The number of benzene rings is 1. The number of hydrogen-bond acceptors (Lipinski definition) is 3. The maximum Gasteiger partial charge on any atom is 0.254 e. The van der Waals surface area contributed by atoms with E-state index in [1.54, 1.807) is 20.1 Å². The van der Waals surface area contributed by atoms with Gasteiger partial charge in [-0.25, -0.2) is 4.39 Å². The third-order valence-electron chi connectivity index (χ3n) is 5.84. The van der Waals surface area contributed by atoms with Crippen LogP contribution >= 0.6 is 0 Å². The molecular weight excluding hydrogens is 335 g/mol. The number of carbonyl (C=O) groups is 2. The standard InChI is InChI=1S/C20H27FN2O3/c1-15-13-16(21)3-4-17(15)19(25)22-9-7-20(8-10-22)6-5-18(24)23(14-20)11-12-26-2/h3-4,13H,5-12,14H2,1-2H3. The molecule has 2 aliphatic rings. The van der Waals surface area contributed by atoms with Gasteiger partial charge in [0.1, 0.15) is 5.82 Å². The topological polar surface area (TPSA) is 49.9 Å². The van der Waals surface area contributed by atoms with E-state index in [4.69, 9.17) is 4.74 Å². The fraction of sp³-hybridized carbons (Fsp3) is 0.600. The number of carbonyl (C=O) groups excluding carboxylic acids is 2. The first-order chi connectivity index (χ1) is 12.4. The third-order valence-corrected chi connectivity index (χ3v) is 5.84. The lowest BCUT2D eigenvalue weighted by Gasteiger charge is -2.47. The summed E-state index contributed by atoms with van der Waals surface area (Å²) in [4.78, 5) is 28.7. The normalized spacial score (nSPS) is 19.9. The second kappa shape index (κ2) is 7.74. The average Bonchev–Trinajstić information content (AvgIpc) is 2.63. The summed E-state index contributed by atoms with van der Waals surface area (Å²) in [6.07, 6.45) is 3.27. The summed E-state index contributed by atoms with van der Waals surface area (Å²) in [5.41, 5.74) is 1.35. The van der Waals surface area contributed by atoms with Crippen molar-refractivity contribution >= 4 is 11.8 Å². The van der Waals surface area contributed by atoms with E-state index in [1.165, 1.54) is 12.1 Å². The molecule has 1 aromatic carbocycles. The van der Waals surface area contributed by atoms with Crippen molar-refractivity contribution in [2.75, 3.05) is 39.9 Å². The number of methoxy groups -OCH3 is 1. The van der Waals surface area contributed by atoms with Gasteiger partial charge in [-0.15, -0.1) is 0 Å². The van der Waals surface area contributed by atoms with E-state index < -0.39 is 0 Å².